The molecule has 0 amide bonds. The van der Waals surface area contributed by atoms with Crippen LogP contribution in [0.5, 0.6) is 0 Å². The summed E-state index contributed by atoms with van der Waals surface area (Å²) in [6, 6.07) is 7.15. The van der Waals surface area contributed by atoms with E-state index in [1.165, 1.54) is 18.2 Å². The minimum Gasteiger partial charge on any atom is -0.399 e. The summed E-state index contributed by atoms with van der Waals surface area (Å²) in [5.74, 6) is -0.661. The van der Waals surface area contributed by atoms with Crippen LogP contribution in [-0.4, -0.2) is 8.42 Å². The lowest BCUT2D eigenvalue weighted by Crippen LogP contribution is -2.16. The first kappa shape index (κ1) is 15.8. The normalized spacial score (nSPS) is 11.4. The molecule has 21 heavy (non-hydrogen) atoms. The number of hydrogen-bond donors (Lipinski definition) is 2. The van der Waals surface area contributed by atoms with E-state index < -0.39 is 15.8 Å². The van der Waals surface area contributed by atoms with E-state index in [1.807, 2.05) is 0 Å². The van der Waals surface area contributed by atoms with Gasteiger partial charge in [0, 0.05) is 10.2 Å². The Morgan fingerprint density at radius 1 is 1.19 bits per heavy atom. The molecule has 0 spiro atoms. The van der Waals surface area contributed by atoms with Crippen LogP contribution in [-0.2, 0) is 10.0 Å². The van der Waals surface area contributed by atoms with Crippen molar-refractivity contribution in [2.75, 3.05) is 10.5 Å². The van der Waals surface area contributed by atoms with Crippen molar-refractivity contribution in [3.63, 3.8) is 0 Å². The topological polar surface area (TPSA) is 72.2 Å². The smallest absolute Gasteiger partial charge is 0.262 e. The number of anilines is 2. The molecular formula is C14H14BrFN2O2S. The summed E-state index contributed by atoms with van der Waals surface area (Å²) in [7, 11) is -3.91. The van der Waals surface area contributed by atoms with Crippen LogP contribution >= 0.6 is 15.9 Å². The molecule has 0 atom stereocenters. The molecule has 0 saturated heterocycles. The quantitative estimate of drug-likeness (QED) is 0.808. The van der Waals surface area contributed by atoms with Gasteiger partial charge in [-0.1, -0.05) is 15.9 Å². The molecule has 0 aliphatic heterocycles. The van der Waals surface area contributed by atoms with Crippen molar-refractivity contribution in [3.8, 4) is 0 Å². The minimum atomic E-state index is -3.91. The van der Waals surface area contributed by atoms with Gasteiger partial charge in [0.2, 0.25) is 0 Å². The average molecular weight is 373 g/mol. The van der Waals surface area contributed by atoms with Gasteiger partial charge in [-0.25, -0.2) is 12.8 Å². The van der Waals surface area contributed by atoms with Gasteiger partial charge in [-0.05, 0) is 55.3 Å². The summed E-state index contributed by atoms with van der Waals surface area (Å²) >= 11 is 3.12. The van der Waals surface area contributed by atoms with Gasteiger partial charge in [0.05, 0.1) is 10.6 Å². The zero-order valence-corrected chi connectivity index (χ0v) is 13.8. The van der Waals surface area contributed by atoms with E-state index in [0.29, 0.717) is 15.7 Å². The first-order chi connectivity index (χ1) is 9.70. The third-order valence-electron chi connectivity index (χ3n) is 3.11. The predicted octanol–water partition coefficient (Wildman–Crippen LogP) is 3.59. The molecule has 0 radical (unpaired) electrons. The molecular weight excluding hydrogens is 359 g/mol. The Balaban J connectivity index is 2.48. The number of hydrogen-bond acceptors (Lipinski definition) is 3. The van der Waals surface area contributed by atoms with Gasteiger partial charge in [-0.15, -0.1) is 0 Å². The van der Waals surface area contributed by atoms with Gasteiger partial charge in [0.25, 0.3) is 10.0 Å². The highest BCUT2D eigenvalue weighted by molar-refractivity contribution is 9.10. The monoisotopic (exact) mass is 372 g/mol. The second-order valence-electron chi connectivity index (χ2n) is 4.69. The van der Waals surface area contributed by atoms with Crippen molar-refractivity contribution in [2.24, 2.45) is 0 Å². The third-order valence-corrected chi connectivity index (χ3v) is 5.09. The van der Waals surface area contributed by atoms with Crippen LogP contribution in [0.3, 0.4) is 0 Å². The fourth-order valence-electron chi connectivity index (χ4n) is 1.90. The lowest BCUT2D eigenvalue weighted by molar-refractivity contribution is 0.598. The highest BCUT2D eigenvalue weighted by Crippen LogP contribution is 2.26. The molecule has 4 nitrogen and oxygen atoms in total. The zero-order chi connectivity index (χ0) is 15.8. The van der Waals surface area contributed by atoms with Gasteiger partial charge in [-0.3, -0.25) is 4.72 Å². The molecule has 2 rings (SSSR count). The summed E-state index contributed by atoms with van der Waals surface area (Å²) in [5, 5.41) is 0. The molecule has 0 unspecified atom stereocenters. The van der Waals surface area contributed by atoms with Crippen molar-refractivity contribution < 1.29 is 12.8 Å². The molecule has 0 aliphatic rings. The fourth-order valence-corrected chi connectivity index (χ4v) is 3.66. The van der Waals surface area contributed by atoms with Crippen LogP contribution in [0.2, 0.25) is 0 Å². The summed E-state index contributed by atoms with van der Waals surface area (Å²) in [5.41, 5.74) is 7.26. The van der Waals surface area contributed by atoms with E-state index in [2.05, 4.69) is 20.7 Å². The average Bonchev–Trinajstić information content (AvgIpc) is 2.37. The Morgan fingerprint density at radius 2 is 1.86 bits per heavy atom. The maximum atomic E-state index is 13.8. The molecule has 0 heterocycles. The first-order valence-electron chi connectivity index (χ1n) is 6.05. The number of rotatable bonds is 3. The van der Waals surface area contributed by atoms with Crippen LogP contribution in [0.1, 0.15) is 11.1 Å². The fraction of sp³-hybridized carbons (Fsp3) is 0.143. The van der Waals surface area contributed by atoms with E-state index in [-0.39, 0.29) is 10.6 Å². The summed E-state index contributed by atoms with van der Waals surface area (Å²) in [6.07, 6.45) is 0. The maximum Gasteiger partial charge on any atom is 0.262 e. The Morgan fingerprint density at radius 3 is 2.48 bits per heavy atom. The van der Waals surface area contributed by atoms with Crippen molar-refractivity contribution >= 4 is 37.3 Å². The number of nitrogens with one attached hydrogen (secondary N) is 1. The highest BCUT2D eigenvalue weighted by Gasteiger charge is 2.20. The van der Waals surface area contributed by atoms with Crippen LogP contribution in [0.25, 0.3) is 0 Å². The summed E-state index contributed by atoms with van der Waals surface area (Å²) in [6.45, 7) is 3.45. The lowest BCUT2D eigenvalue weighted by Gasteiger charge is -2.13. The third kappa shape index (κ3) is 3.36. The molecule has 0 bridgehead atoms. The minimum absolute atomic E-state index is 0.0438. The van der Waals surface area contributed by atoms with Crippen LogP contribution < -0.4 is 10.5 Å². The Bertz CT molecular complexity index is 807. The van der Waals surface area contributed by atoms with Gasteiger partial charge in [-0.2, -0.15) is 0 Å². The molecule has 7 heteroatoms. The SMILES string of the molecule is Cc1cc(N)cc(S(=O)(=O)Nc2ccc(Br)cc2F)c1C. The number of sulfonamides is 1. The van der Waals surface area contributed by atoms with E-state index >= 15 is 0 Å². The molecule has 2 aromatic rings. The van der Waals surface area contributed by atoms with Crippen LogP contribution in [0, 0.1) is 19.7 Å². The van der Waals surface area contributed by atoms with Crippen LogP contribution in [0.4, 0.5) is 15.8 Å². The van der Waals surface area contributed by atoms with Gasteiger partial charge < -0.3 is 5.73 Å². The van der Waals surface area contributed by atoms with Crippen molar-refractivity contribution in [1.29, 1.82) is 0 Å². The molecule has 0 aromatic heterocycles. The predicted molar refractivity (Wildman–Crippen MR) is 85.2 cm³/mol. The van der Waals surface area contributed by atoms with E-state index in [9.17, 15) is 12.8 Å². The highest BCUT2D eigenvalue weighted by atomic mass is 79.9. The summed E-state index contributed by atoms with van der Waals surface area (Å²) in [4.78, 5) is 0.0438. The maximum absolute atomic E-state index is 13.8. The molecule has 0 aliphatic carbocycles. The Labute approximate surface area is 131 Å². The molecule has 0 fully saturated rings. The molecule has 112 valence electrons. The summed E-state index contributed by atoms with van der Waals surface area (Å²) < 4.78 is 41.4. The first-order valence-corrected chi connectivity index (χ1v) is 8.33. The van der Waals surface area contributed by atoms with Crippen molar-refractivity contribution in [1.82, 2.24) is 0 Å². The van der Waals surface area contributed by atoms with Crippen molar-refractivity contribution in [3.05, 3.63) is 51.7 Å². The second-order valence-corrected chi connectivity index (χ2v) is 7.26. The molecule has 2 aromatic carbocycles. The number of aryl methyl sites for hydroxylation is 1. The van der Waals surface area contributed by atoms with Gasteiger partial charge >= 0.3 is 0 Å². The Hall–Kier alpha value is -1.60. The number of benzene rings is 2. The molecule has 3 N–H and O–H groups in total. The Kier molecular flexibility index (Phi) is 4.25. The van der Waals surface area contributed by atoms with Gasteiger partial charge in [0.1, 0.15) is 5.82 Å². The van der Waals surface area contributed by atoms with E-state index in [1.54, 1.807) is 26.0 Å². The van der Waals surface area contributed by atoms with E-state index in [4.69, 9.17) is 5.73 Å². The molecule has 0 saturated carbocycles. The zero-order valence-electron chi connectivity index (χ0n) is 11.4. The number of halogens is 2. The standard InChI is InChI=1S/C14H14BrFN2O2S/c1-8-5-11(17)7-14(9(8)2)21(19,20)18-13-4-3-10(15)6-12(13)16/h3-7,18H,17H2,1-2H3. The largest absolute Gasteiger partial charge is 0.399 e. The van der Waals surface area contributed by atoms with Gasteiger partial charge in [0.15, 0.2) is 0 Å². The van der Waals surface area contributed by atoms with Crippen molar-refractivity contribution in [2.45, 2.75) is 18.7 Å². The number of nitrogen functional groups attached to an aromatic ring is 1. The lowest BCUT2D eigenvalue weighted by atomic mass is 10.1. The van der Waals surface area contributed by atoms with Crippen LogP contribution in [0.15, 0.2) is 39.7 Å². The number of nitrogens with two attached hydrogens (primary N) is 1. The second kappa shape index (κ2) is 5.65. The van der Waals surface area contributed by atoms with E-state index in [0.717, 1.165) is 5.56 Å².